The number of carboxylic acids is 1. The van der Waals surface area contributed by atoms with Gasteiger partial charge < -0.3 is 10.4 Å². The van der Waals surface area contributed by atoms with Crippen LogP contribution in [0.2, 0.25) is 0 Å². The van der Waals surface area contributed by atoms with Crippen molar-refractivity contribution in [2.75, 3.05) is 10.6 Å². The number of amides is 2. The number of carbonyl (C=O) groups excluding carboxylic acids is 1. The molecule has 0 saturated heterocycles. The number of urea groups is 1. The number of aryl methyl sites for hydroxylation is 2. The van der Waals surface area contributed by atoms with Crippen molar-refractivity contribution < 1.29 is 14.7 Å². The third-order valence-corrected chi connectivity index (χ3v) is 3.39. The number of carboxylic acid groups (broad SMARTS) is 1. The molecular formula is C13H13N3O3S. The Bertz CT molecular complexity index is 667. The lowest BCUT2D eigenvalue weighted by Gasteiger charge is -2.09. The van der Waals surface area contributed by atoms with Crippen molar-refractivity contribution in [3.8, 4) is 0 Å². The fourth-order valence-corrected chi connectivity index (χ4v) is 2.26. The van der Waals surface area contributed by atoms with E-state index in [1.807, 2.05) is 6.92 Å². The number of carbonyl (C=O) groups is 2. The molecule has 7 heteroatoms. The lowest BCUT2D eigenvalue weighted by molar-refractivity contribution is 0.0697. The molecule has 0 atom stereocenters. The summed E-state index contributed by atoms with van der Waals surface area (Å²) < 4.78 is 0. The topological polar surface area (TPSA) is 91.3 Å². The van der Waals surface area contributed by atoms with E-state index in [0.717, 1.165) is 4.88 Å². The van der Waals surface area contributed by atoms with Gasteiger partial charge in [0.2, 0.25) is 0 Å². The standard InChI is InChI=1S/C13H13N3O3S/c1-7-5-9(11(17)18)3-4-10(7)15-12(19)16-13-14-6-8(2)20-13/h3-6H,1-2H3,(H,17,18)(H2,14,15,16,19). The smallest absolute Gasteiger partial charge is 0.335 e. The number of hydrogen-bond acceptors (Lipinski definition) is 4. The number of nitrogens with one attached hydrogen (secondary N) is 2. The molecule has 0 aliphatic rings. The summed E-state index contributed by atoms with van der Waals surface area (Å²) in [5.41, 5.74) is 1.42. The van der Waals surface area contributed by atoms with E-state index in [0.29, 0.717) is 16.4 Å². The summed E-state index contributed by atoms with van der Waals surface area (Å²) in [6.07, 6.45) is 1.67. The minimum atomic E-state index is -0.998. The SMILES string of the molecule is Cc1cnc(NC(=O)Nc2ccc(C(=O)O)cc2C)s1. The molecule has 6 nitrogen and oxygen atoms in total. The maximum absolute atomic E-state index is 11.8. The normalized spacial score (nSPS) is 10.1. The van der Waals surface area contributed by atoms with Crippen LogP contribution < -0.4 is 10.6 Å². The van der Waals surface area contributed by atoms with E-state index in [4.69, 9.17) is 5.11 Å². The van der Waals surface area contributed by atoms with Gasteiger partial charge in [-0.05, 0) is 37.6 Å². The van der Waals surface area contributed by atoms with Crippen LogP contribution in [0.4, 0.5) is 15.6 Å². The number of aromatic nitrogens is 1. The van der Waals surface area contributed by atoms with Crippen molar-refractivity contribution in [1.29, 1.82) is 0 Å². The van der Waals surface area contributed by atoms with Gasteiger partial charge in [-0.15, -0.1) is 11.3 Å². The van der Waals surface area contributed by atoms with Gasteiger partial charge in [0.25, 0.3) is 0 Å². The molecule has 1 heterocycles. The average Bonchev–Trinajstić information content (AvgIpc) is 2.77. The van der Waals surface area contributed by atoms with Crippen LogP contribution in [-0.4, -0.2) is 22.1 Å². The zero-order valence-electron chi connectivity index (χ0n) is 10.9. The van der Waals surface area contributed by atoms with Crippen LogP contribution in [0.3, 0.4) is 0 Å². The summed E-state index contributed by atoms with van der Waals surface area (Å²) in [4.78, 5) is 27.6. The lowest BCUT2D eigenvalue weighted by atomic mass is 10.1. The van der Waals surface area contributed by atoms with Crippen LogP contribution in [0.5, 0.6) is 0 Å². The number of rotatable bonds is 3. The van der Waals surface area contributed by atoms with Gasteiger partial charge in [-0.3, -0.25) is 5.32 Å². The first kappa shape index (κ1) is 14.0. The van der Waals surface area contributed by atoms with E-state index < -0.39 is 12.0 Å². The van der Waals surface area contributed by atoms with Gasteiger partial charge in [0.15, 0.2) is 5.13 Å². The van der Waals surface area contributed by atoms with Gasteiger partial charge in [0.05, 0.1) is 5.56 Å². The first-order valence-electron chi connectivity index (χ1n) is 5.80. The van der Waals surface area contributed by atoms with E-state index in [9.17, 15) is 9.59 Å². The second kappa shape index (κ2) is 5.70. The summed E-state index contributed by atoms with van der Waals surface area (Å²) in [5.74, 6) is -0.998. The number of aromatic carboxylic acids is 1. The average molecular weight is 291 g/mol. The van der Waals surface area contributed by atoms with E-state index in [2.05, 4.69) is 15.6 Å². The molecule has 1 aromatic carbocycles. The second-order valence-electron chi connectivity index (χ2n) is 4.19. The molecule has 0 fully saturated rings. The van der Waals surface area contributed by atoms with Crippen LogP contribution >= 0.6 is 11.3 Å². The van der Waals surface area contributed by atoms with Crippen LogP contribution in [0.15, 0.2) is 24.4 Å². The molecule has 0 radical (unpaired) electrons. The fraction of sp³-hybridized carbons (Fsp3) is 0.154. The van der Waals surface area contributed by atoms with Gasteiger partial charge in [-0.2, -0.15) is 0 Å². The van der Waals surface area contributed by atoms with Gasteiger partial charge in [-0.25, -0.2) is 14.6 Å². The Morgan fingerprint density at radius 3 is 2.55 bits per heavy atom. The summed E-state index contributed by atoms with van der Waals surface area (Å²) in [6.45, 7) is 3.63. The van der Waals surface area contributed by atoms with Gasteiger partial charge >= 0.3 is 12.0 Å². The molecule has 104 valence electrons. The highest BCUT2D eigenvalue weighted by Crippen LogP contribution is 2.19. The Labute approximate surface area is 119 Å². The maximum Gasteiger partial charge on any atom is 0.335 e. The minimum Gasteiger partial charge on any atom is -0.478 e. The third-order valence-electron chi connectivity index (χ3n) is 2.56. The van der Waals surface area contributed by atoms with Crippen LogP contribution in [-0.2, 0) is 0 Å². The van der Waals surface area contributed by atoms with E-state index >= 15 is 0 Å². The van der Waals surface area contributed by atoms with Gasteiger partial charge in [0, 0.05) is 16.8 Å². The number of hydrogen-bond donors (Lipinski definition) is 3. The summed E-state index contributed by atoms with van der Waals surface area (Å²) in [5, 5.41) is 14.7. The van der Waals surface area contributed by atoms with Gasteiger partial charge in [-0.1, -0.05) is 0 Å². The first-order valence-corrected chi connectivity index (χ1v) is 6.62. The quantitative estimate of drug-likeness (QED) is 0.810. The number of benzene rings is 1. The molecule has 3 N–H and O–H groups in total. The molecule has 1 aromatic heterocycles. The molecular weight excluding hydrogens is 278 g/mol. The third kappa shape index (κ3) is 3.33. The van der Waals surface area contributed by atoms with E-state index in [1.54, 1.807) is 19.2 Å². The molecule has 20 heavy (non-hydrogen) atoms. The Balaban J connectivity index is 2.06. The molecule has 0 spiro atoms. The fourth-order valence-electron chi connectivity index (χ4n) is 1.60. The van der Waals surface area contributed by atoms with Crippen LogP contribution in [0.25, 0.3) is 0 Å². The highest BCUT2D eigenvalue weighted by atomic mass is 32.1. The Hall–Kier alpha value is -2.41. The zero-order valence-corrected chi connectivity index (χ0v) is 11.7. The molecule has 2 amide bonds. The highest BCUT2D eigenvalue weighted by Gasteiger charge is 2.09. The summed E-state index contributed by atoms with van der Waals surface area (Å²) in [7, 11) is 0. The van der Waals surface area contributed by atoms with Crippen molar-refractivity contribution in [3.05, 3.63) is 40.4 Å². The van der Waals surface area contributed by atoms with Crippen molar-refractivity contribution in [1.82, 2.24) is 4.98 Å². The van der Waals surface area contributed by atoms with E-state index in [1.165, 1.54) is 23.5 Å². The molecule has 0 bridgehead atoms. The Kier molecular flexibility index (Phi) is 3.99. The van der Waals surface area contributed by atoms with Crippen LogP contribution in [0, 0.1) is 13.8 Å². The van der Waals surface area contributed by atoms with Crippen molar-refractivity contribution >= 4 is 34.2 Å². The molecule has 0 saturated carbocycles. The molecule has 2 aromatic rings. The first-order chi connectivity index (χ1) is 9.45. The predicted octanol–water partition coefficient (Wildman–Crippen LogP) is 3.10. The number of nitrogens with zero attached hydrogens (tertiary/aromatic N) is 1. The van der Waals surface area contributed by atoms with E-state index in [-0.39, 0.29) is 5.56 Å². The molecule has 0 aliphatic carbocycles. The maximum atomic E-state index is 11.8. The Morgan fingerprint density at radius 2 is 2.00 bits per heavy atom. The predicted molar refractivity (Wildman–Crippen MR) is 77.6 cm³/mol. The van der Waals surface area contributed by atoms with Crippen molar-refractivity contribution in [2.45, 2.75) is 13.8 Å². The van der Waals surface area contributed by atoms with Crippen molar-refractivity contribution in [2.24, 2.45) is 0 Å². The monoisotopic (exact) mass is 291 g/mol. The number of thiazole rings is 1. The zero-order chi connectivity index (χ0) is 14.7. The Morgan fingerprint density at radius 1 is 1.25 bits per heavy atom. The second-order valence-corrected chi connectivity index (χ2v) is 5.42. The number of anilines is 2. The summed E-state index contributed by atoms with van der Waals surface area (Å²) >= 11 is 1.38. The van der Waals surface area contributed by atoms with Crippen LogP contribution in [0.1, 0.15) is 20.8 Å². The van der Waals surface area contributed by atoms with Crippen molar-refractivity contribution in [3.63, 3.8) is 0 Å². The molecule has 2 rings (SSSR count). The minimum absolute atomic E-state index is 0.184. The lowest BCUT2D eigenvalue weighted by Crippen LogP contribution is -2.19. The van der Waals surface area contributed by atoms with Gasteiger partial charge in [0.1, 0.15) is 0 Å². The largest absolute Gasteiger partial charge is 0.478 e. The molecule has 0 aliphatic heterocycles. The summed E-state index contributed by atoms with van der Waals surface area (Å²) in [6, 6.07) is 4.10. The molecule has 0 unspecified atom stereocenters. The highest BCUT2D eigenvalue weighted by molar-refractivity contribution is 7.15.